The quantitative estimate of drug-likeness (QED) is 0.826. The van der Waals surface area contributed by atoms with E-state index in [1.54, 1.807) is 18.2 Å². The van der Waals surface area contributed by atoms with E-state index in [2.05, 4.69) is 24.4 Å². The molecule has 6 nitrogen and oxygen atoms in total. The number of rotatable bonds is 5. The molecule has 1 saturated heterocycles. The number of benzene rings is 2. The van der Waals surface area contributed by atoms with Crippen LogP contribution in [0.4, 0.5) is 4.79 Å². The fraction of sp³-hybridized carbons (Fsp3) is 0.350. The summed E-state index contributed by atoms with van der Waals surface area (Å²) >= 11 is 0. The van der Waals surface area contributed by atoms with Crippen LogP contribution in [0.1, 0.15) is 30.9 Å². The lowest BCUT2D eigenvalue weighted by Gasteiger charge is -2.35. The highest BCUT2D eigenvalue weighted by atomic mass is 32.2. The van der Waals surface area contributed by atoms with Gasteiger partial charge in [0.1, 0.15) is 0 Å². The molecule has 2 amide bonds. The number of urea groups is 1. The van der Waals surface area contributed by atoms with E-state index in [0.29, 0.717) is 12.1 Å². The Morgan fingerprint density at radius 3 is 2.52 bits per heavy atom. The summed E-state index contributed by atoms with van der Waals surface area (Å²) in [5, 5.41) is 8.13. The average molecular weight is 388 g/mol. The van der Waals surface area contributed by atoms with E-state index in [0.717, 1.165) is 19.3 Å². The standard InChI is InChI=1S/C20H25N3O3S/c1-20(14-16-8-3-2-4-9-16)12-7-13-23(20)19(24)22-15-17-10-5-6-11-18(17)27(21,25)26/h2-6,8-11H,7,12-15H2,1H3,(H,22,24)(H2,21,25,26). The fourth-order valence-electron chi connectivity index (χ4n) is 3.78. The first-order valence-electron chi connectivity index (χ1n) is 9.00. The number of nitrogens with two attached hydrogens (primary N) is 1. The van der Waals surface area contributed by atoms with Crippen LogP contribution in [0.15, 0.2) is 59.5 Å². The Morgan fingerprint density at radius 1 is 1.15 bits per heavy atom. The van der Waals surface area contributed by atoms with E-state index >= 15 is 0 Å². The zero-order chi connectivity index (χ0) is 19.5. The summed E-state index contributed by atoms with van der Waals surface area (Å²) in [4.78, 5) is 14.7. The van der Waals surface area contributed by atoms with Crippen molar-refractivity contribution in [1.29, 1.82) is 0 Å². The maximum atomic E-state index is 12.8. The molecule has 0 bridgehead atoms. The summed E-state index contributed by atoms with van der Waals surface area (Å²) in [7, 11) is -3.83. The van der Waals surface area contributed by atoms with Crippen molar-refractivity contribution in [1.82, 2.24) is 10.2 Å². The molecule has 0 spiro atoms. The van der Waals surface area contributed by atoms with Crippen LogP contribution in [0, 0.1) is 0 Å². The van der Waals surface area contributed by atoms with Gasteiger partial charge in [-0.1, -0.05) is 48.5 Å². The Kier molecular flexibility index (Phi) is 5.53. The van der Waals surface area contributed by atoms with Gasteiger partial charge in [0.25, 0.3) is 0 Å². The predicted molar refractivity (Wildman–Crippen MR) is 105 cm³/mol. The van der Waals surface area contributed by atoms with Crippen molar-refractivity contribution >= 4 is 16.1 Å². The Balaban J connectivity index is 1.71. The third kappa shape index (κ3) is 4.48. The fourth-order valence-corrected chi connectivity index (χ4v) is 4.56. The van der Waals surface area contributed by atoms with Gasteiger partial charge in [0, 0.05) is 18.6 Å². The van der Waals surface area contributed by atoms with Crippen LogP contribution >= 0.6 is 0 Å². The van der Waals surface area contributed by atoms with Crippen molar-refractivity contribution in [2.75, 3.05) is 6.54 Å². The first kappa shape index (κ1) is 19.4. The predicted octanol–water partition coefficient (Wildman–Crippen LogP) is 2.64. The van der Waals surface area contributed by atoms with E-state index in [1.165, 1.54) is 11.6 Å². The summed E-state index contributed by atoms with van der Waals surface area (Å²) in [6.07, 6.45) is 2.67. The SMILES string of the molecule is CC1(Cc2ccccc2)CCCN1C(=O)NCc1ccccc1S(N)(=O)=O. The molecule has 3 N–H and O–H groups in total. The molecule has 0 saturated carbocycles. The second-order valence-electron chi connectivity index (χ2n) is 7.23. The third-order valence-electron chi connectivity index (χ3n) is 5.13. The van der Waals surface area contributed by atoms with Crippen LogP contribution in [0.3, 0.4) is 0 Å². The zero-order valence-electron chi connectivity index (χ0n) is 15.4. The van der Waals surface area contributed by atoms with Gasteiger partial charge in [-0.3, -0.25) is 0 Å². The highest BCUT2D eigenvalue weighted by Crippen LogP contribution is 2.32. The van der Waals surface area contributed by atoms with E-state index < -0.39 is 10.0 Å². The van der Waals surface area contributed by atoms with Gasteiger partial charge in [-0.2, -0.15) is 0 Å². The average Bonchev–Trinajstić information content (AvgIpc) is 3.01. The molecule has 2 aromatic carbocycles. The second-order valence-corrected chi connectivity index (χ2v) is 8.76. The number of amides is 2. The molecule has 7 heteroatoms. The van der Waals surface area contributed by atoms with Crippen LogP contribution in [-0.4, -0.2) is 31.4 Å². The number of nitrogens with zero attached hydrogens (tertiary/aromatic N) is 1. The molecule has 1 aliphatic rings. The number of primary sulfonamides is 1. The topological polar surface area (TPSA) is 92.5 Å². The number of hydrogen-bond acceptors (Lipinski definition) is 3. The molecule has 0 radical (unpaired) electrons. The van der Waals surface area contributed by atoms with Gasteiger partial charge in [0.2, 0.25) is 10.0 Å². The van der Waals surface area contributed by atoms with Gasteiger partial charge in [-0.05, 0) is 43.4 Å². The molecule has 1 fully saturated rings. The zero-order valence-corrected chi connectivity index (χ0v) is 16.2. The maximum absolute atomic E-state index is 12.8. The van der Waals surface area contributed by atoms with Gasteiger partial charge < -0.3 is 10.2 Å². The largest absolute Gasteiger partial charge is 0.334 e. The summed E-state index contributed by atoms with van der Waals surface area (Å²) in [5.74, 6) is 0. The van der Waals surface area contributed by atoms with Gasteiger partial charge >= 0.3 is 6.03 Å². The molecule has 0 aromatic heterocycles. The monoisotopic (exact) mass is 387 g/mol. The van der Waals surface area contributed by atoms with Crippen molar-refractivity contribution < 1.29 is 13.2 Å². The number of carbonyl (C=O) groups excluding carboxylic acids is 1. The van der Waals surface area contributed by atoms with Crippen molar-refractivity contribution in [2.45, 2.75) is 43.2 Å². The minimum absolute atomic E-state index is 0.0405. The normalized spacial score (nSPS) is 19.9. The number of likely N-dealkylation sites (tertiary alicyclic amines) is 1. The Labute approximate surface area is 160 Å². The van der Waals surface area contributed by atoms with E-state index in [-0.39, 0.29) is 23.0 Å². The summed E-state index contributed by atoms with van der Waals surface area (Å²) in [6, 6.07) is 16.4. The smallest absolute Gasteiger partial charge is 0.318 e. The van der Waals surface area contributed by atoms with Gasteiger partial charge in [-0.25, -0.2) is 18.4 Å². The first-order chi connectivity index (χ1) is 12.8. The molecule has 1 unspecified atom stereocenters. The van der Waals surface area contributed by atoms with Crippen LogP contribution < -0.4 is 10.5 Å². The van der Waals surface area contributed by atoms with Crippen molar-refractivity contribution in [3.8, 4) is 0 Å². The molecule has 1 heterocycles. The van der Waals surface area contributed by atoms with Gasteiger partial charge in [-0.15, -0.1) is 0 Å². The molecule has 3 rings (SSSR count). The van der Waals surface area contributed by atoms with Crippen molar-refractivity contribution in [3.05, 3.63) is 65.7 Å². The van der Waals surface area contributed by atoms with Crippen molar-refractivity contribution in [3.63, 3.8) is 0 Å². The van der Waals surface area contributed by atoms with Crippen LogP contribution in [0.25, 0.3) is 0 Å². The minimum Gasteiger partial charge on any atom is -0.334 e. The summed E-state index contributed by atoms with van der Waals surface area (Å²) in [5.41, 5.74) is 1.42. The molecule has 0 aliphatic carbocycles. The number of sulfonamides is 1. The second kappa shape index (κ2) is 7.70. The summed E-state index contributed by atoms with van der Waals surface area (Å²) in [6.45, 7) is 2.90. The third-order valence-corrected chi connectivity index (χ3v) is 6.14. The highest BCUT2D eigenvalue weighted by Gasteiger charge is 2.39. The van der Waals surface area contributed by atoms with Crippen molar-refractivity contribution in [2.24, 2.45) is 5.14 Å². The molecule has 1 aliphatic heterocycles. The van der Waals surface area contributed by atoms with E-state index in [4.69, 9.17) is 5.14 Å². The van der Waals surface area contributed by atoms with Gasteiger partial charge in [0.15, 0.2) is 0 Å². The van der Waals surface area contributed by atoms with Crippen LogP contribution in [-0.2, 0) is 23.0 Å². The number of hydrogen-bond donors (Lipinski definition) is 2. The molecular weight excluding hydrogens is 362 g/mol. The number of carbonyl (C=O) groups is 1. The molecule has 144 valence electrons. The van der Waals surface area contributed by atoms with E-state index in [9.17, 15) is 13.2 Å². The lowest BCUT2D eigenvalue weighted by molar-refractivity contribution is 0.155. The lowest BCUT2D eigenvalue weighted by Crippen LogP contribution is -2.50. The Hall–Kier alpha value is -2.38. The highest BCUT2D eigenvalue weighted by molar-refractivity contribution is 7.89. The molecule has 1 atom stereocenters. The molecule has 27 heavy (non-hydrogen) atoms. The summed E-state index contributed by atoms with van der Waals surface area (Å²) < 4.78 is 23.4. The molecule has 2 aromatic rings. The minimum atomic E-state index is -3.83. The van der Waals surface area contributed by atoms with Gasteiger partial charge in [0.05, 0.1) is 4.90 Å². The van der Waals surface area contributed by atoms with Crippen LogP contribution in [0.2, 0.25) is 0 Å². The Morgan fingerprint density at radius 2 is 1.81 bits per heavy atom. The van der Waals surface area contributed by atoms with E-state index in [1.807, 2.05) is 23.1 Å². The Bertz CT molecular complexity index is 915. The first-order valence-corrected chi connectivity index (χ1v) is 10.5. The maximum Gasteiger partial charge on any atom is 0.318 e. The lowest BCUT2D eigenvalue weighted by atomic mass is 9.90. The van der Waals surface area contributed by atoms with Crippen LogP contribution in [0.5, 0.6) is 0 Å². The molecular formula is C20H25N3O3S. The number of nitrogens with one attached hydrogen (secondary N) is 1.